The lowest BCUT2D eigenvalue weighted by Crippen LogP contribution is -2.42. The average Bonchev–Trinajstić information content (AvgIpc) is 2.66. The Morgan fingerprint density at radius 1 is 1.16 bits per heavy atom. The first kappa shape index (κ1) is 17.5. The maximum absolute atomic E-state index is 12.5. The van der Waals surface area contributed by atoms with E-state index in [0.29, 0.717) is 32.7 Å². The van der Waals surface area contributed by atoms with Crippen LogP contribution in [-0.2, 0) is 9.53 Å². The van der Waals surface area contributed by atoms with E-state index in [1.807, 2.05) is 35.2 Å². The van der Waals surface area contributed by atoms with Crippen molar-refractivity contribution >= 4 is 5.91 Å². The van der Waals surface area contributed by atoms with Crippen LogP contribution in [0.1, 0.15) is 30.1 Å². The van der Waals surface area contributed by atoms with Crippen molar-refractivity contribution in [3.8, 4) is 5.75 Å². The average molecular weight is 339 g/mol. The largest absolute Gasteiger partial charge is 0.494 e. The van der Waals surface area contributed by atoms with Crippen LogP contribution in [-0.4, -0.2) is 37.1 Å². The molecule has 1 fully saturated rings. The Balaban J connectivity index is 1.44. The predicted octanol–water partition coefficient (Wildman–Crippen LogP) is 3.75. The van der Waals surface area contributed by atoms with Gasteiger partial charge >= 0.3 is 0 Å². The molecular weight excluding hydrogens is 314 g/mol. The molecule has 0 spiro atoms. The molecule has 4 heteroatoms. The van der Waals surface area contributed by atoms with Gasteiger partial charge in [0.25, 0.3) is 0 Å². The molecule has 0 N–H and O–H groups in total. The van der Waals surface area contributed by atoms with E-state index in [0.717, 1.165) is 17.7 Å². The van der Waals surface area contributed by atoms with Crippen LogP contribution in [0.4, 0.5) is 0 Å². The Bertz CT molecular complexity index is 669. The molecule has 2 aromatic rings. The van der Waals surface area contributed by atoms with Crippen molar-refractivity contribution in [3.63, 3.8) is 0 Å². The quantitative estimate of drug-likeness (QED) is 0.752. The number of carbonyl (C=O) groups is 1. The van der Waals surface area contributed by atoms with Crippen LogP contribution < -0.4 is 4.74 Å². The summed E-state index contributed by atoms with van der Waals surface area (Å²) in [6, 6.07) is 18.0. The van der Waals surface area contributed by atoms with Gasteiger partial charge in [-0.2, -0.15) is 0 Å². The normalized spacial score (nSPS) is 17.3. The molecule has 1 saturated heterocycles. The lowest BCUT2D eigenvalue weighted by Gasteiger charge is -2.33. The fourth-order valence-corrected chi connectivity index (χ4v) is 2.95. The first-order chi connectivity index (χ1) is 12.2. The molecule has 132 valence electrons. The zero-order chi connectivity index (χ0) is 17.5. The monoisotopic (exact) mass is 339 g/mol. The van der Waals surface area contributed by atoms with E-state index in [2.05, 4.69) is 31.2 Å². The second-order valence-electron chi connectivity index (χ2n) is 6.37. The van der Waals surface area contributed by atoms with E-state index in [1.165, 1.54) is 5.56 Å². The molecule has 4 nitrogen and oxygen atoms in total. The third-order valence-electron chi connectivity index (χ3n) is 4.42. The number of para-hydroxylation sites is 1. The van der Waals surface area contributed by atoms with E-state index in [4.69, 9.17) is 9.47 Å². The topological polar surface area (TPSA) is 38.8 Å². The van der Waals surface area contributed by atoms with E-state index >= 15 is 0 Å². The van der Waals surface area contributed by atoms with Gasteiger partial charge in [-0.25, -0.2) is 0 Å². The number of ether oxygens (including phenoxy) is 2. The summed E-state index contributed by atoms with van der Waals surface area (Å²) in [5.74, 6) is 1.03. The standard InChI is InChI=1S/C21H25NO3/c1-17-9-11-18(12-10-17)20-16-22(13-15-25-20)21(23)8-5-14-24-19-6-3-2-4-7-19/h2-4,6-7,9-12,20H,5,8,13-16H2,1H3. The second-order valence-corrected chi connectivity index (χ2v) is 6.37. The number of amides is 1. The van der Waals surface area contributed by atoms with Gasteiger partial charge in [0.2, 0.25) is 5.91 Å². The van der Waals surface area contributed by atoms with E-state index in [-0.39, 0.29) is 12.0 Å². The molecule has 1 aliphatic heterocycles. The minimum absolute atomic E-state index is 0.0288. The SMILES string of the molecule is Cc1ccc(C2CN(C(=O)CCCOc3ccccc3)CCO2)cc1. The second kappa shape index (κ2) is 8.67. The van der Waals surface area contributed by atoms with Crippen LogP contribution in [0.25, 0.3) is 0 Å². The molecule has 0 saturated carbocycles. The van der Waals surface area contributed by atoms with Crippen LogP contribution in [0.5, 0.6) is 5.75 Å². The van der Waals surface area contributed by atoms with Gasteiger partial charge in [0, 0.05) is 13.0 Å². The summed E-state index contributed by atoms with van der Waals surface area (Å²) in [5, 5.41) is 0. The minimum Gasteiger partial charge on any atom is -0.494 e. The van der Waals surface area contributed by atoms with Crippen molar-refractivity contribution in [2.45, 2.75) is 25.9 Å². The molecule has 1 amide bonds. The fourth-order valence-electron chi connectivity index (χ4n) is 2.95. The summed E-state index contributed by atoms with van der Waals surface area (Å²) >= 11 is 0. The van der Waals surface area contributed by atoms with Crippen LogP contribution in [0, 0.1) is 6.92 Å². The van der Waals surface area contributed by atoms with Gasteiger partial charge in [-0.05, 0) is 31.0 Å². The Kier molecular flexibility index (Phi) is 6.07. The van der Waals surface area contributed by atoms with Crippen LogP contribution >= 0.6 is 0 Å². The summed E-state index contributed by atoms with van der Waals surface area (Å²) in [4.78, 5) is 14.4. The third kappa shape index (κ3) is 5.07. The molecule has 2 aromatic carbocycles. The van der Waals surface area contributed by atoms with Gasteiger partial charge < -0.3 is 14.4 Å². The number of hydrogen-bond donors (Lipinski definition) is 0. The van der Waals surface area contributed by atoms with Crippen LogP contribution in [0.3, 0.4) is 0 Å². The highest BCUT2D eigenvalue weighted by molar-refractivity contribution is 5.76. The minimum atomic E-state index is -0.0288. The summed E-state index contributed by atoms with van der Waals surface area (Å²) in [6.45, 7) is 4.51. The molecule has 1 aliphatic rings. The van der Waals surface area contributed by atoms with Crippen molar-refractivity contribution in [1.82, 2.24) is 4.90 Å². The number of nitrogens with zero attached hydrogens (tertiary/aromatic N) is 1. The van der Waals surface area contributed by atoms with Gasteiger partial charge in [-0.3, -0.25) is 4.79 Å². The van der Waals surface area contributed by atoms with E-state index in [9.17, 15) is 4.79 Å². The Morgan fingerprint density at radius 3 is 2.68 bits per heavy atom. The summed E-state index contributed by atoms with van der Waals surface area (Å²) in [6.07, 6.45) is 1.20. The van der Waals surface area contributed by atoms with Crippen molar-refractivity contribution in [2.24, 2.45) is 0 Å². The molecule has 25 heavy (non-hydrogen) atoms. The third-order valence-corrected chi connectivity index (χ3v) is 4.42. The molecule has 3 rings (SSSR count). The van der Waals surface area contributed by atoms with Gasteiger partial charge in [0.15, 0.2) is 0 Å². The number of benzene rings is 2. The lowest BCUT2D eigenvalue weighted by atomic mass is 10.1. The molecule has 1 heterocycles. The van der Waals surface area contributed by atoms with Gasteiger partial charge in [0.05, 0.1) is 19.8 Å². The molecular formula is C21H25NO3. The summed E-state index contributed by atoms with van der Waals surface area (Å²) in [7, 11) is 0. The van der Waals surface area contributed by atoms with Crippen molar-refractivity contribution in [1.29, 1.82) is 0 Å². The maximum atomic E-state index is 12.5. The van der Waals surface area contributed by atoms with E-state index in [1.54, 1.807) is 0 Å². The Hall–Kier alpha value is -2.33. The predicted molar refractivity (Wildman–Crippen MR) is 97.6 cm³/mol. The highest BCUT2D eigenvalue weighted by Gasteiger charge is 2.24. The summed E-state index contributed by atoms with van der Waals surface area (Å²) < 4.78 is 11.5. The van der Waals surface area contributed by atoms with Crippen LogP contribution in [0.2, 0.25) is 0 Å². The fraction of sp³-hybridized carbons (Fsp3) is 0.381. The van der Waals surface area contributed by atoms with Crippen molar-refractivity contribution in [3.05, 3.63) is 65.7 Å². The van der Waals surface area contributed by atoms with Gasteiger partial charge in [0.1, 0.15) is 11.9 Å². The van der Waals surface area contributed by atoms with Crippen LogP contribution in [0.15, 0.2) is 54.6 Å². The first-order valence-corrected chi connectivity index (χ1v) is 8.86. The number of morpholine rings is 1. The van der Waals surface area contributed by atoms with Crippen molar-refractivity contribution < 1.29 is 14.3 Å². The van der Waals surface area contributed by atoms with Gasteiger partial charge in [-0.15, -0.1) is 0 Å². The molecule has 0 aromatic heterocycles. The molecule has 1 unspecified atom stereocenters. The number of hydrogen-bond acceptors (Lipinski definition) is 3. The summed E-state index contributed by atoms with van der Waals surface area (Å²) in [5.41, 5.74) is 2.36. The zero-order valence-corrected chi connectivity index (χ0v) is 14.7. The van der Waals surface area contributed by atoms with Gasteiger partial charge in [-0.1, -0.05) is 48.0 Å². The molecule has 0 radical (unpaired) electrons. The molecule has 0 bridgehead atoms. The number of aryl methyl sites for hydroxylation is 1. The highest BCUT2D eigenvalue weighted by atomic mass is 16.5. The molecule has 1 atom stereocenters. The smallest absolute Gasteiger partial charge is 0.222 e. The highest BCUT2D eigenvalue weighted by Crippen LogP contribution is 2.23. The Morgan fingerprint density at radius 2 is 1.92 bits per heavy atom. The Labute approximate surface area is 149 Å². The maximum Gasteiger partial charge on any atom is 0.222 e. The first-order valence-electron chi connectivity index (χ1n) is 8.86. The molecule has 0 aliphatic carbocycles. The van der Waals surface area contributed by atoms with E-state index < -0.39 is 0 Å². The number of rotatable bonds is 6. The van der Waals surface area contributed by atoms with Crippen molar-refractivity contribution in [2.75, 3.05) is 26.3 Å². The number of carbonyl (C=O) groups excluding carboxylic acids is 1. The lowest BCUT2D eigenvalue weighted by molar-refractivity contribution is -0.139. The zero-order valence-electron chi connectivity index (χ0n) is 14.7.